The van der Waals surface area contributed by atoms with Gasteiger partial charge in [-0.25, -0.2) is 9.97 Å². The highest BCUT2D eigenvalue weighted by atomic mass is 16.4. The Morgan fingerprint density at radius 2 is 1.77 bits per heavy atom. The molecule has 0 saturated heterocycles. The molecule has 0 spiro atoms. The number of carboxylic acids is 1. The Hall–Kier alpha value is -3.55. The molecule has 0 aliphatic heterocycles. The van der Waals surface area contributed by atoms with Crippen molar-refractivity contribution in [1.29, 1.82) is 0 Å². The standard InChI is InChI=1S/C18H18N6O2/c25-17(26)6-10-21-15-11-16(22-12-13-4-8-19-9-5-13)24-18(23-15)14-3-1-2-7-20-14/h1-5,7-9,11H,6,10,12H2,(H,25,26)(H2,21,22,23,24). The topological polar surface area (TPSA) is 113 Å². The molecule has 0 radical (unpaired) electrons. The molecule has 0 bridgehead atoms. The summed E-state index contributed by atoms with van der Waals surface area (Å²) in [5.74, 6) is 0.755. The number of carboxylic acid groups (broad SMARTS) is 1. The number of hydrogen-bond acceptors (Lipinski definition) is 7. The van der Waals surface area contributed by atoms with Gasteiger partial charge < -0.3 is 15.7 Å². The van der Waals surface area contributed by atoms with Crippen molar-refractivity contribution in [2.45, 2.75) is 13.0 Å². The lowest BCUT2D eigenvalue weighted by atomic mass is 10.2. The maximum atomic E-state index is 10.7. The fraction of sp³-hybridized carbons (Fsp3) is 0.167. The fourth-order valence-electron chi connectivity index (χ4n) is 2.23. The average molecular weight is 350 g/mol. The highest BCUT2D eigenvalue weighted by Crippen LogP contribution is 2.19. The molecule has 0 unspecified atom stereocenters. The van der Waals surface area contributed by atoms with Gasteiger partial charge in [-0.1, -0.05) is 6.07 Å². The van der Waals surface area contributed by atoms with Gasteiger partial charge in [0.15, 0.2) is 5.82 Å². The number of nitrogens with zero attached hydrogens (tertiary/aromatic N) is 4. The summed E-state index contributed by atoms with van der Waals surface area (Å²) in [4.78, 5) is 27.9. The van der Waals surface area contributed by atoms with Crippen LogP contribution in [-0.4, -0.2) is 37.6 Å². The van der Waals surface area contributed by atoms with Crippen LogP contribution in [0.25, 0.3) is 11.5 Å². The van der Waals surface area contributed by atoms with Crippen molar-refractivity contribution in [3.05, 3.63) is 60.6 Å². The van der Waals surface area contributed by atoms with Crippen molar-refractivity contribution >= 4 is 17.6 Å². The van der Waals surface area contributed by atoms with E-state index in [0.717, 1.165) is 5.56 Å². The van der Waals surface area contributed by atoms with E-state index in [1.807, 2.05) is 30.3 Å². The van der Waals surface area contributed by atoms with Crippen LogP contribution >= 0.6 is 0 Å². The van der Waals surface area contributed by atoms with Gasteiger partial charge in [-0.3, -0.25) is 14.8 Å². The van der Waals surface area contributed by atoms with Crippen LogP contribution in [0.15, 0.2) is 55.0 Å². The number of aromatic nitrogens is 4. The third-order valence-electron chi connectivity index (χ3n) is 3.49. The van der Waals surface area contributed by atoms with Crippen molar-refractivity contribution in [3.8, 4) is 11.5 Å². The van der Waals surface area contributed by atoms with E-state index >= 15 is 0 Å². The number of hydrogen-bond donors (Lipinski definition) is 3. The lowest BCUT2D eigenvalue weighted by Crippen LogP contribution is -2.11. The normalized spacial score (nSPS) is 10.3. The van der Waals surface area contributed by atoms with E-state index in [1.54, 1.807) is 24.7 Å². The maximum Gasteiger partial charge on any atom is 0.305 e. The largest absolute Gasteiger partial charge is 0.481 e. The molecule has 0 amide bonds. The first-order valence-corrected chi connectivity index (χ1v) is 8.09. The van der Waals surface area contributed by atoms with Crippen LogP contribution in [0.5, 0.6) is 0 Å². The lowest BCUT2D eigenvalue weighted by Gasteiger charge is -2.11. The van der Waals surface area contributed by atoms with E-state index < -0.39 is 5.97 Å². The van der Waals surface area contributed by atoms with Crippen LogP contribution in [-0.2, 0) is 11.3 Å². The molecule has 3 rings (SSSR count). The molecule has 3 aromatic rings. The zero-order valence-corrected chi connectivity index (χ0v) is 14.0. The molecule has 0 saturated carbocycles. The van der Waals surface area contributed by atoms with Crippen LogP contribution in [0.1, 0.15) is 12.0 Å². The molecule has 132 valence electrons. The zero-order valence-electron chi connectivity index (χ0n) is 14.0. The Morgan fingerprint density at radius 1 is 1.00 bits per heavy atom. The van der Waals surface area contributed by atoms with Crippen LogP contribution in [0.4, 0.5) is 11.6 Å². The second-order valence-electron chi connectivity index (χ2n) is 5.46. The van der Waals surface area contributed by atoms with E-state index in [-0.39, 0.29) is 13.0 Å². The lowest BCUT2D eigenvalue weighted by molar-refractivity contribution is -0.136. The SMILES string of the molecule is O=C(O)CCNc1cc(NCc2ccncc2)nc(-c2ccccn2)n1. The second-order valence-corrected chi connectivity index (χ2v) is 5.46. The summed E-state index contributed by atoms with van der Waals surface area (Å²) in [5, 5.41) is 15.1. The predicted molar refractivity (Wildman–Crippen MR) is 97.6 cm³/mol. The van der Waals surface area contributed by atoms with Gasteiger partial charge in [0.05, 0.1) is 6.42 Å². The molecule has 3 heterocycles. The number of nitrogens with one attached hydrogen (secondary N) is 2. The zero-order chi connectivity index (χ0) is 18.2. The Labute approximate surface area is 150 Å². The molecule has 3 N–H and O–H groups in total. The van der Waals surface area contributed by atoms with Crippen LogP contribution in [0.2, 0.25) is 0 Å². The summed E-state index contributed by atoms with van der Waals surface area (Å²) >= 11 is 0. The number of carbonyl (C=O) groups is 1. The summed E-state index contributed by atoms with van der Waals surface area (Å²) in [6.45, 7) is 0.855. The first-order chi connectivity index (χ1) is 12.7. The molecule has 8 heteroatoms. The molecule has 3 aromatic heterocycles. The van der Waals surface area contributed by atoms with E-state index in [4.69, 9.17) is 5.11 Å². The van der Waals surface area contributed by atoms with Gasteiger partial charge in [0, 0.05) is 37.7 Å². The van der Waals surface area contributed by atoms with Gasteiger partial charge >= 0.3 is 5.97 Å². The number of anilines is 2. The molecule has 26 heavy (non-hydrogen) atoms. The fourth-order valence-corrected chi connectivity index (χ4v) is 2.23. The molecule has 0 atom stereocenters. The van der Waals surface area contributed by atoms with Crippen molar-refractivity contribution < 1.29 is 9.90 Å². The Kier molecular flexibility index (Phi) is 5.66. The third kappa shape index (κ3) is 4.97. The molecule has 0 aromatic carbocycles. The van der Waals surface area contributed by atoms with Crippen LogP contribution in [0.3, 0.4) is 0 Å². The minimum atomic E-state index is -0.868. The highest BCUT2D eigenvalue weighted by molar-refractivity contribution is 5.67. The minimum Gasteiger partial charge on any atom is -0.481 e. The van der Waals surface area contributed by atoms with E-state index in [2.05, 4.69) is 30.6 Å². The van der Waals surface area contributed by atoms with E-state index in [0.29, 0.717) is 29.7 Å². The van der Waals surface area contributed by atoms with Gasteiger partial charge in [-0.05, 0) is 29.8 Å². The Bertz CT molecular complexity index is 858. The van der Waals surface area contributed by atoms with Gasteiger partial charge in [0.25, 0.3) is 0 Å². The van der Waals surface area contributed by atoms with Gasteiger partial charge in [0.1, 0.15) is 17.3 Å². The quantitative estimate of drug-likeness (QED) is 0.568. The number of aliphatic carboxylic acids is 1. The molecule has 8 nitrogen and oxygen atoms in total. The van der Waals surface area contributed by atoms with Gasteiger partial charge in [0.2, 0.25) is 0 Å². The van der Waals surface area contributed by atoms with Crippen molar-refractivity contribution in [3.63, 3.8) is 0 Å². The molecular formula is C18H18N6O2. The molecule has 0 aliphatic carbocycles. The maximum absolute atomic E-state index is 10.7. The smallest absolute Gasteiger partial charge is 0.305 e. The third-order valence-corrected chi connectivity index (χ3v) is 3.49. The first-order valence-electron chi connectivity index (χ1n) is 8.09. The average Bonchev–Trinajstić information content (AvgIpc) is 2.67. The summed E-state index contributed by atoms with van der Waals surface area (Å²) < 4.78 is 0. The predicted octanol–water partition coefficient (Wildman–Crippen LogP) is 2.43. The summed E-state index contributed by atoms with van der Waals surface area (Å²) in [5.41, 5.74) is 1.71. The Morgan fingerprint density at radius 3 is 2.46 bits per heavy atom. The first kappa shape index (κ1) is 17.3. The summed E-state index contributed by atoms with van der Waals surface area (Å²) in [6, 6.07) is 11.1. The van der Waals surface area contributed by atoms with E-state index in [1.165, 1.54) is 0 Å². The number of rotatable bonds is 8. The number of pyridine rings is 2. The van der Waals surface area contributed by atoms with Crippen molar-refractivity contribution in [2.24, 2.45) is 0 Å². The van der Waals surface area contributed by atoms with Crippen LogP contribution in [0, 0.1) is 0 Å². The summed E-state index contributed by atoms with van der Waals surface area (Å²) in [7, 11) is 0. The molecule has 0 fully saturated rings. The van der Waals surface area contributed by atoms with Gasteiger partial charge in [-0.15, -0.1) is 0 Å². The highest BCUT2D eigenvalue weighted by Gasteiger charge is 2.08. The summed E-state index contributed by atoms with van der Waals surface area (Å²) in [6.07, 6.45) is 5.14. The Balaban J connectivity index is 1.81. The molecule has 0 aliphatic rings. The second kappa shape index (κ2) is 8.52. The van der Waals surface area contributed by atoms with E-state index in [9.17, 15) is 4.79 Å². The molecular weight excluding hydrogens is 332 g/mol. The van der Waals surface area contributed by atoms with Crippen molar-refractivity contribution in [2.75, 3.05) is 17.2 Å². The van der Waals surface area contributed by atoms with Gasteiger partial charge in [-0.2, -0.15) is 0 Å². The van der Waals surface area contributed by atoms with Crippen LogP contribution < -0.4 is 10.6 Å². The monoisotopic (exact) mass is 350 g/mol. The minimum absolute atomic E-state index is 0.00268. The van der Waals surface area contributed by atoms with Crippen molar-refractivity contribution in [1.82, 2.24) is 19.9 Å².